The van der Waals surface area contributed by atoms with E-state index in [1.807, 2.05) is 27.7 Å². The Labute approximate surface area is 237 Å². The van der Waals surface area contributed by atoms with E-state index in [1.54, 1.807) is 38.4 Å². The average Bonchev–Trinajstić information content (AvgIpc) is 2.88. The zero-order chi connectivity index (χ0) is 30.0. The number of hydrogen-bond donors (Lipinski definition) is 0. The summed E-state index contributed by atoms with van der Waals surface area (Å²) in [4.78, 5) is 26.6. The Hall–Kier alpha value is -3.11. The SMILES string of the molecule is CCS(=O)(=O)Cc1ccc(C(=O)c2ccc(F)cc2OC)c(-c2cn(C)c(=O)cc2[C@H](C)C[S@@](=O)C(C)(C)C)c1. The molecule has 0 aliphatic rings. The van der Waals surface area contributed by atoms with Crippen LogP contribution in [-0.2, 0) is 33.4 Å². The van der Waals surface area contributed by atoms with Crippen LogP contribution in [0.5, 0.6) is 5.75 Å². The molecule has 7 nitrogen and oxygen atoms in total. The predicted octanol–water partition coefficient (Wildman–Crippen LogP) is 5.02. The van der Waals surface area contributed by atoms with Crippen LogP contribution in [0.15, 0.2) is 53.5 Å². The van der Waals surface area contributed by atoms with Gasteiger partial charge in [-0.3, -0.25) is 13.8 Å². The molecule has 0 saturated heterocycles. The number of methoxy groups -OCH3 is 1. The van der Waals surface area contributed by atoms with Crippen molar-refractivity contribution in [2.45, 2.75) is 51.0 Å². The zero-order valence-corrected chi connectivity index (χ0v) is 25.5. The van der Waals surface area contributed by atoms with Gasteiger partial charge >= 0.3 is 0 Å². The summed E-state index contributed by atoms with van der Waals surface area (Å²) in [7, 11) is -1.68. The lowest BCUT2D eigenvalue weighted by atomic mass is 9.88. The fraction of sp³-hybridized carbons (Fsp3) is 0.400. The highest BCUT2D eigenvalue weighted by atomic mass is 32.2. The number of carbonyl (C=O) groups excluding carboxylic acids is 1. The Balaban J connectivity index is 2.31. The summed E-state index contributed by atoms with van der Waals surface area (Å²) in [5, 5.41) is 0. The highest BCUT2D eigenvalue weighted by Crippen LogP contribution is 2.35. The number of hydrogen-bond acceptors (Lipinski definition) is 6. The summed E-state index contributed by atoms with van der Waals surface area (Å²) in [5.74, 6) is -1.27. The van der Waals surface area contributed by atoms with Crippen molar-refractivity contribution in [3.63, 3.8) is 0 Å². The van der Waals surface area contributed by atoms with Crippen molar-refractivity contribution < 1.29 is 26.5 Å². The molecule has 3 aromatic rings. The van der Waals surface area contributed by atoms with E-state index in [1.165, 1.54) is 29.9 Å². The van der Waals surface area contributed by atoms with Crippen LogP contribution in [-0.4, -0.2) is 46.3 Å². The van der Waals surface area contributed by atoms with Crippen LogP contribution in [0.25, 0.3) is 11.1 Å². The van der Waals surface area contributed by atoms with Crippen molar-refractivity contribution >= 4 is 26.4 Å². The number of aryl methyl sites for hydroxylation is 1. The van der Waals surface area contributed by atoms with Crippen molar-refractivity contribution in [3.8, 4) is 16.9 Å². The number of benzene rings is 2. The molecule has 1 aromatic heterocycles. The third-order valence-corrected chi connectivity index (χ3v) is 10.6. The van der Waals surface area contributed by atoms with Gasteiger partial charge in [0.15, 0.2) is 15.6 Å². The molecule has 3 rings (SSSR count). The van der Waals surface area contributed by atoms with E-state index in [0.29, 0.717) is 22.3 Å². The Morgan fingerprint density at radius 2 is 1.73 bits per heavy atom. The molecule has 2 aromatic carbocycles. The molecular formula is C30H36FNO6S2. The summed E-state index contributed by atoms with van der Waals surface area (Å²) in [6, 6.07) is 9.88. The lowest BCUT2D eigenvalue weighted by Crippen LogP contribution is -2.27. The Morgan fingerprint density at radius 3 is 2.33 bits per heavy atom. The monoisotopic (exact) mass is 589 g/mol. The van der Waals surface area contributed by atoms with Gasteiger partial charge in [0.25, 0.3) is 5.56 Å². The Bertz CT molecular complexity index is 1620. The van der Waals surface area contributed by atoms with Crippen molar-refractivity contribution in [1.82, 2.24) is 4.57 Å². The number of ether oxygens (including phenoxy) is 1. The van der Waals surface area contributed by atoms with E-state index >= 15 is 0 Å². The molecule has 10 heteroatoms. The average molecular weight is 590 g/mol. The molecule has 0 aliphatic heterocycles. The second-order valence-corrected chi connectivity index (χ2v) is 15.4. The summed E-state index contributed by atoms with van der Waals surface area (Å²) < 4.78 is 58.0. The quantitative estimate of drug-likeness (QED) is 0.308. The first-order chi connectivity index (χ1) is 18.6. The molecule has 0 fully saturated rings. The standard InChI is InChI=1S/C30H36FNO6S2/c1-8-40(36,37)18-20-9-11-22(29(34)23-12-10-21(31)14-27(23)38-7)25(13-20)26-16-32(6)28(33)15-24(26)19(2)17-39(35)30(3,4)5/h9-16,19H,8,17-18H2,1-7H3/t19-,39-/m1/s1. The molecule has 0 saturated carbocycles. The van der Waals surface area contributed by atoms with Crippen LogP contribution in [0.1, 0.15) is 67.6 Å². The first kappa shape index (κ1) is 31.4. The second kappa shape index (κ2) is 12.2. The first-order valence-electron chi connectivity index (χ1n) is 12.9. The fourth-order valence-corrected chi connectivity index (χ4v) is 6.32. The van der Waals surface area contributed by atoms with Crippen LogP contribution in [0.4, 0.5) is 4.39 Å². The molecule has 0 spiro atoms. The number of nitrogens with zero attached hydrogens (tertiary/aromatic N) is 1. The van der Waals surface area contributed by atoms with Crippen molar-refractivity contribution in [2.24, 2.45) is 7.05 Å². The van der Waals surface area contributed by atoms with Crippen LogP contribution in [0, 0.1) is 5.82 Å². The van der Waals surface area contributed by atoms with E-state index in [4.69, 9.17) is 4.74 Å². The molecule has 0 radical (unpaired) electrons. The molecule has 1 heterocycles. The van der Waals surface area contributed by atoms with Gasteiger partial charge in [-0.05, 0) is 61.6 Å². The molecular weight excluding hydrogens is 553 g/mol. The number of halogens is 1. The van der Waals surface area contributed by atoms with Gasteiger partial charge in [0.2, 0.25) is 0 Å². The van der Waals surface area contributed by atoms with Crippen molar-refractivity contribution in [2.75, 3.05) is 18.6 Å². The molecule has 0 aliphatic carbocycles. The van der Waals surface area contributed by atoms with Crippen LogP contribution in [0.2, 0.25) is 0 Å². The minimum Gasteiger partial charge on any atom is -0.496 e. The number of sulfone groups is 1. The molecule has 40 heavy (non-hydrogen) atoms. The predicted molar refractivity (Wildman–Crippen MR) is 158 cm³/mol. The smallest absolute Gasteiger partial charge is 0.250 e. The molecule has 0 amide bonds. The summed E-state index contributed by atoms with van der Waals surface area (Å²) in [6.07, 6.45) is 1.61. The minimum absolute atomic E-state index is 0.0451. The molecule has 2 atom stereocenters. The van der Waals surface area contributed by atoms with Crippen LogP contribution >= 0.6 is 0 Å². The summed E-state index contributed by atoms with van der Waals surface area (Å²) in [5.41, 5.74) is 2.12. The molecule has 0 unspecified atom stereocenters. The fourth-order valence-electron chi connectivity index (χ4n) is 4.30. The van der Waals surface area contributed by atoms with Gasteiger partial charge in [-0.2, -0.15) is 0 Å². The van der Waals surface area contributed by atoms with E-state index in [2.05, 4.69) is 0 Å². The van der Waals surface area contributed by atoms with Gasteiger partial charge in [0.1, 0.15) is 11.6 Å². The van der Waals surface area contributed by atoms with Crippen molar-refractivity contribution in [3.05, 3.63) is 87.1 Å². The van der Waals surface area contributed by atoms with Crippen LogP contribution < -0.4 is 10.3 Å². The van der Waals surface area contributed by atoms with Crippen LogP contribution in [0.3, 0.4) is 0 Å². The highest BCUT2D eigenvalue weighted by molar-refractivity contribution is 7.90. The number of rotatable bonds is 10. The number of aromatic nitrogens is 1. The van der Waals surface area contributed by atoms with Gasteiger partial charge in [0, 0.05) is 63.6 Å². The Kier molecular flexibility index (Phi) is 9.57. The van der Waals surface area contributed by atoms with E-state index in [0.717, 1.165) is 6.07 Å². The van der Waals surface area contributed by atoms with E-state index in [9.17, 15) is 26.6 Å². The maximum absolute atomic E-state index is 13.9. The second-order valence-electron chi connectivity index (χ2n) is 10.8. The maximum atomic E-state index is 13.9. The van der Waals surface area contributed by atoms with Gasteiger partial charge in [-0.1, -0.05) is 26.0 Å². The first-order valence-corrected chi connectivity index (χ1v) is 16.0. The molecule has 0 bridgehead atoms. The van der Waals surface area contributed by atoms with E-state index < -0.39 is 37.0 Å². The number of carbonyl (C=O) groups is 1. The van der Waals surface area contributed by atoms with Gasteiger partial charge in [-0.15, -0.1) is 0 Å². The lowest BCUT2D eigenvalue weighted by Gasteiger charge is -2.23. The molecule has 0 N–H and O–H groups in total. The summed E-state index contributed by atoms with van der Waals surface area (Å²) >= 11 is 0. The third kappa shape index (κ3) is 7.14. The number of ketones is 1. The van der Waals surface area contributed by atoms with Gasteiger partial charge < -0.3 is 9.30 Å². The third-order valence-electron chi connectivity index (χ3n) is 6.73. The lowest BCUT2D eigenvalue weighted by molar-refractivity contribution is 0.103. The zero-order valence-electron chi connectivity index (χ0n) is 23.9. The topological polar surface area (TPSA) is 99.5 Å². The van der Waals surface area contributed by atoms with E-state index in [-0.39, 0.29) is 45.6 Å². The summed E-state index contributed by atoms with van der Waals surface area (Å²) in [6.45, 7) is 9.08. The number of pyridine rings is 1. The largest absolute Gasteiger partial charge is 0.496 e. The Morgan fingerprint density at radius 1 is 1.07 bits per heavy atom. The van der Waals surface area contributed by atoms with Gasteiger partial charge in [0.05, 0.1) is 18.4 Å². The highest BCUT2D eigenvalue weighted by Gasteiger charge is 2.27. The molecule has 216 valence electrons. The normalized spacial score (nSPS) is 13.6. The van der Waals surface area contributed by atoms with Gasteiger partial charge in [-0.25, -0.2) is 12.8 Å². The minimum atomic E-state index is -3.39. The van der Waals surface area contributed by atoms with Crippen molar-refractivity contribution in [1.29, 1.82) is 0 Å². The maximum Gasteiger partial charge on any atom is 0.250 e.